The number of thioether (sulfide) groups is 1. The summed E-state index contributed by atoms with van der Waals surface area (Å²) in [6, 6.07) is 8.48. The van der Waals surface area contributed by atoms with Crippen molar-refractivity contribution in [1.29, 1.82) is 0 Å². The van der Waals surface area contributed by atoms with Crippen molar-refractivity contribution in [1.82, 2.24) is 14.8 Å². The van der Waals surface area contributed by atoms with Gasteiger partial charge in [-0.25, -0.2) is 0 Å². The van der Waals surface area contributed by atoms with Gasteiger partial charge in [0.2, 0.25) is 0 Å². The highest BCUT2D eigenvalue weighted by atomic mass is 127. The Hall–Kier alpha value is -0.560. The average molecular weight is 357 g/mol. The summed E-state index contributed by atoms with van der Waals surface area (Å²) in [7, 11) is 0. The minimum atomic E-state index is 0.644. The second-order valence-electron chi connectivity index (χ2n) is 4.18. The quantitative estimate of drug-likeness (QED) is 0.611. The maximum atomic E-state index is 4.30. The van der Waals surface area contributed by atoms with Crippen LogP contribution in [0.5, 0.6) is 0 Å². The summed E-state index contributed by atoms with van der Waals surface area (Å²) in [5, 5.41) is 10.3. The highest BCUT2D eigenvalue weighted by molar-refractivity contribution is 14.1. The normalized spacial score (nSPS) is 18.4. The minimum absolute atomic E-state index is 0.644. The van der Waals surface area contributed by atoms with Crippen LogP contribution in [-0.4, -0.2) is 24.4 Å². The lowest BCUT2D eigenvalue weighted by molar-refractivity contribution is 0.681. The molecule has 1 aliphatic heterocycles. The zero-order valence-corrected chi connectivity index (χ0v) is 12.4. The molecule has 0 saturated heterocycles. The Labute approximate surface area is 118 Å². The van der Waals surface area contributed by atoms with Crippen molar-refractivity contribution in [3.63, 3.8) is 0 Å². The predicted octanol–water partition coefficient (Wildman–Crippen LogP) is 3.16. The molecular weight excluding hydrogens is 345 g/mol. The molecule has 3 nitrogen and oxygen atoms in total. The Kier molecular flexibility index (Phi) is 3.12. The van der Waals surface area contributed by atoms with Crippen LogP contribution in [0.1, 0.15) is 5.56 Å². The molecule has 1 aliphatic rings. The number of alkyl halides is 1. The SMILES string of the molecule is Cc1ccc(-c2nnc3n2C[C@H](CI)S3)cc1. The molecule has 0 bridgehead atoms. The van der Waals surface area contributed by atoms with Gasteiger partial charge in [-0.05, 0) is 6.92 Å². The molecule has 0 aliphatic carbocycles. The zero-order valence-electron chi connectivity index (χ0n) is 9.43. The van der Waals surface area contributed by atoms with Crippen molar-refractivity contribution < 1.29 is 0 Å². The van der Waals surface area contributed by atoms with Crippen LogP contribution in [0.15, 0.2) is 29.4 Å². The van der Waals surface area contributed by atoms with E-state index in [4.69, 9.17) is 0 Å². The number of hydrogen-bond acceptors (Lipinski definition) is 3. The first-order chi connectivity index (χ1) is 8.28. The van der Waals surface area contributed by atoms with E-state index in [1.807, 2.05) is 11.8 Å². The average Bonchev–Trinajstić information content (AvgIpc) is 2.89. The van der Waals surface area contributed by atoms with Gasteiger partial charge >= 0.3 is 0 Å². The molecule has 1 atom stereocenters. The van der Waals surface area contributed by atoms with Crippen molar-refractivity contribution in [3.8, 4) is 11.4 Å². The van der Waals surface area contributed by atoms with E-state index in [2.05, 4.69) is 68.5 Å². The van der Waals surface area contributed by atoms with Gasteiger partial charge in [0.15, 0.2) is 11.0 Å². The van der Waals surface area contributed by atoms with Crippen LogP contribution in [0, 0.1) is 6.92 Å². The summed E-state index contributed by atoms with van der Waals surface area (Å²) >= 11 is 4.27. The molecule has 17 heavy (non-hydrogen) atoms. The maximum absolute atomic E-state index is 4.30. The Balaban J connectivity index is 1.98. The van der Waals surface area contributed by atoms with Crippen molar-refractivity contribution in [3.05, 3.63) is 29.8 Å². The lowest BCUT2D eigenvalue weighted by Crippen LogP contribution is -2.07. The summed E-state index contributed by atoms with van der Waals surface area (Å²) in [6.45, 7) is 3.12. The third-order valence-corrected chi connectivity index (χ3v) is 5.68. The number of fused-ring (bicyclic) bond motifs is 1. The van der Waals surface area contributed by atoms with Crippen LogP contribution in [0.2, 0.25) is 0 Å². The largest absolute Gasteiger partial charge is 0.301 e. The number of aryl methyl sites for hydroxylation is 1. The molecule has 5 heteroatoms. The second kappa shape index (κ2) is 4.61. The van der Waals surface area contributed by atoms with Gasteiger partial charge in [-0.1, -0.05) is 64.2 Å². The fourth-order valence-electron chi connectivity index (χ4n) is 1.93. The molecule has 0 N–H and O–H groups in total. The van der Waals surface area contributed by atoms with Gasteiger partial charge < -0.3 is 4.57 Å². The topological polar surface area (TPSA) is 30.7 Å². The van der Waals surface area contributed by atoms with E-state index < -0.39 is 0 Å². The maximum Gasteiger partial charge on any atom is 0.191 e. The number of benzene rings is 1. The fourth-order valence-corrected chi connectivity index (χ4v) is 3.71. The number of rotatable bonds is 2. The Morgan fingerprint density at radius 2 is 2.12 bits per heavy atom. The Morgan fingerprint density at radius 1 is 1.35 bits per heavy atom. The lowest BCUT2D eigenvalue weighted by Gasteiger charge is -2.05. The third kappa shape index (κ3) is 2.10. The van der Waals surface area contributed by atoms with Gasteiger partial charge in [0.1, 0.15) is 0 Å². The third-order valence-electron chi connectivity index (χ3n) is 2.86. The molecule has 88 valence electrons. The molecule has 2 heterocycles. The number of nitrogens with zero attached hydrogens (tertiary/aromatic N) is 3. The first-order valence-electron chi connectivity index (χ1n) is 5.51. The molecule has 2 aromatic rings. The standard InChI is InChI=1S/C12H12IN3S/c1-8-2-4-9(5-3-8)11-14-15-12-16(11)7-10(6-13)17-12/h2-5,10H,6-7H2,1H3/t10-/m0/s1. The van der Waals surface area contributed by atoms with Gasteiger partial charge in [-0.3, -0.25) is 0 Å². The van der Waals surface area contributed by atoms with E-state index in [9.17, 15) is 0 Å². The van der Waals surface area contributed by atoms with Crippen LogP contribution in [0.25, 0.3) is 11.4 Å². The molecule has 1 aromatic heterocycles. The number of hydrogen-bond donors (Lipinski definition) is 0. The van der Waals surface area contributed by atoms with Gasteiger partial charge in [0, 0.05) is 21.8 Å². The second-order valence-corrected chi connectivity index (χ2v) is 6.33. The molecule has 0 fully saturated rings. The monoisotopic (exact) mass is 357 g/mol. The first kappa shape index (κ1) is 11.5. The highest BCUT2D eigenvalue weighted by Gasteiger charge is 2.26. The van der Waals surface area contributed by atoms with E-state index >= 15 is 0 Å². The van der Waals surface area contributed by atoms with Crippen LogP contribution < -0.4 is 0 Å². The summed E-state index contributed by atoms with van der Waals surface area (Å²) in [5.74, 6) is 1.000. The van der Waals surface area contributed by atoms with E-state index in [0.29, 0.717) is 5.25 Å². The first-order valence-corrected chi connectivity index (χ1v) is 7.91. The van der Waals surface area contributed by atoms with Crippen molar-refractivity contribution >= 4 is 34.4 Å². The van der Waals surface area contributed by atoms with Gasteiger partial charge in [0.25, 0.3) is 0 Å². The summed E-state index contributed by atoms with van der Waals surface area (Å²) in [5.41, 5.74) is 2.43. The predicted molar refractivity (Wildman–Crippen MR) is 78.7 cm³/mol. The van der Waals surface area contributed by atoms with Crippen molar-refractivity contribution in [2.24, 2.45) is 0 Å². The van der Waals surface area contributed by atoms with Gasteiger partial charge in [0.05, 0.1) is 0 Å². The van der Waals surface area contributed by atoms with E-state index in [1.54, 1.807) is 0 Å². The highest BCUT2D eigenvalue weighted by Crippen LogP contribution is 2.35. The number of halogens is 1. The summed E-state index contributed by atoms with van der Waals surface area (Å²) in [6.07, 6.45) is 0. The minimum Gasteiger partial charge on any atom is -0.301 e. The molecule has 0 saturated carbocycles. The van der Waals surface area contributed by atoms with E-state index in [0.717, 1.165) is 27.5 Å². The zero-order chi connectivity index (χ0) is 11.8. The lowest BCUT2D eigenvalue weighted by atomic mass is 10.1. The van der Waals surface area contributed by atoms with E-state index in [1.165, 1.54) is 5.56 Å². The Morgan fingerprint density at radius 3 is 2.82 bits per heavy atom. The Bertz CT molecular complexity index is 535. The molecule has 0 spiro atoms. The molecule has 1 aromatic carbocycles. The molecule has 0 radical (unpaired) electrons. The van der Waals surface area contributed by atoms with Crippen molar-refractivity contribution in [2.45, 2.75) is 23.9 Å². The van der Waals surface area contributed by atoms with Crippen molar-refractivity contribution in [2.75, 3.05) is 4.43 Å². The van der Waals surface area contributed by atoms with Crippen LogP contribution in [-0.2, 0) is 6.54 Å². The van der Waals surface area contributed by atoms with Crippen LogP contribution in [0.4, 0.5) is 0 Å². The summed E-state index contributed by atoms with van der Waals surface area (Å²) < 4.78 is 3.39. The van der Waals surface area contributed by atoms with Gasteiger partial charge in [-0.2, -0.15) is 0 Å². The van der Waals surface area contributed by atoms with Crippen LogP contribution >= 0.6 is 34.4 Å². The molecule has 3 rings (SSSR count). The summed E-state index contributed by atoms with van der Waals surface area (Å²) in [4.78, 5) is 0. The molecule has 0 unspecified atom stereocenters. The number of aromatic nitrogens is 3. The van der Waals surface area contributed by atoms with Crippen LogP contribution in [0.3, 0.4) is 0 Å². The molecule has 0 amide bonds. The van der Waals surface area contributed by atoms with E-state index in [-0.39, 0.29) is 0 Å². The van der Waals surface area contributed by atoms with Gasteiger partial charge in [-0.15, -0.1) is 10.2 Å². The smallest absolute Gasteiger partial charge is 0.191 e. The molecular formula is C12H12IN3S. The fraction of sp³-hybridized carbons (Fsp3) is 0.333.